The Labute approximate surface area is 71.7 Å². The highest BCUT2D eigenvalue weighted by molar-refractivity contribution is 5.85. The Balaban J connectivity index is 0.000001000. The van der Waals surface area contributed by atoms with Crippen molar-refractivity contribution in [3.8, 4) is 0 Å². The first-order valence-electron chi connectivity index (χ1n) is 3.11. The number of rotatable bonds is 2. The zero-order valence-corrected chi connectivity index (χ0v) is 6.79. The average Bonchev–Trinajstić information content (AvgIpc) is 2.05. The van der Waals surface area contributed by atoms with E-state index in [9.17, 15) is 0 Å². The fraction of sp³-hybridized carbons (Fsp3) is 0.286. The highest BCUT2D eigenvalue weighted by atomic mass is 35.5. The van der Waals surface area contributed by atoms with Crippen LogP contribution in [-0.4, -0.2) is 16.7 Å². The first-order chi connectivity index (χ1) is 4.84. The standard InChI is InChI=1S/C7H10N2O.ClH/c8-7(5-10)6-1-3-9-4-2-6;/h1-4,7,10H,5,8H2;1H/t7-;/m1./s1. The SMILES string of the molecule is Cl.N[C@H](CO)c1ccncc1. The van der Waals surface area contributed by atoms with Gasteiger partial charge in [0.05, 0.1) is 12.6 Å². The summed E-state index contributed by atoms with van der Waals surface area (Å²) in [5, 5.41) is 8.64. The van der Waals surface area contributed by atoms with Gasteiger partial charge in [0.1, 0.15) is 0 Å². The lowest BCUT2D eigenvalue weighted by molar-refractivity contribution is 0.268. The van der Waals surface area contributed by atoms with Gasteiger partial charge in [0.15, 0.2) is 0 Å². The van der Waals surface area contributed by atoms with Crippen molar-refractivity contribution >= 4 is 12.4 Å². The van der Waals surface area contributed by atoms with Crippen LogP contribution in [0.3, 0.4) is 0 Å². The molecule has 1 aromatic heterocycles. The summed E-state index contributed by atoms with van der Waals surface area (Å²) in [6, 6.07) is 3.31. The molecule has 0 saturated carbocycles. The Hall–Kier alpha value is -0.640. The van der Waals surface area contributed by atoms with Crippen molar-refractivity contribution in [2.45, 2.75) is 6.04 Å². The van der Waals surface area contributed by atoms with Gasteiger partial charge in [0.25, 0.3) is 0 Å². The van der Waals surface area contributed by atoms with Gasteiger partial charge in [0.2, 0.25) is 0 Å². The molecule has 3 nitrogen and oxygen atoms in total. The maximum Gasteiger partial charge on any atom is 0.0624 e. The maximum atomic E-state index is 8.64. The summed E-state index contributed by atoms with van der Waals surface area (Å²) in [6.07, 6.45) is 3.32. The molecule has 0 fully saturated rings. The summed E-state index contributed by atoms with van der Waals surface area (Å²) in [4.78, 5) is 3.82. The van der Waals surface area contributed by atoms with Gasteiger partial charge in [-0.25, -0.2) is 0 Å². The van der Waals surface area contributed by atoms with Crippen LogP contribution in [0.2, 0.25) is 0 Å². The second-order valence-corrected chi connectivity index (χ2v) is 2.07. The molecule has 1 atom stereocenters. The first-order valence-corrected chi connectivity index (χ1v) is 3.11. The molecule has 1 rings (SSSR count). The van der Waals surface area contributed by atoms with Crippen molar-refractivity contribution < 1.29 is 5.11 Å². The molecular weight excluding hydrogens is 164 g/mol. The number of halogens is 1. The van der Waals surface area contributed by atoms with E-state index < -0.39 is 0 Å². The highest BCUT2D eigenvalue weighted by Gasteiger charge is 2.00. The van der Waals surface area contributed by atoms with E-state index in [4.69, 9.17) is 10.8 Å². The Morgan fingerprint density at radius 1 is 1.45 bits per heavy atom. The van der Waals surface area contributed by atoms with E-state index >= 15 is 0 Å². The fourth-order valence-corrected chi connectivity index (χ4v) is 0.716. The van der Waals surface area contributed by atoms with Crippen molar-refractivity contribution in [2.75, 3.05) is 6.61 Å². The zero-order valence-electron chi connectivity index (χ0n) is 5.97. The smallest absolute Gasteiger partial charge is 0.0624 e. The van der Waals surface area contributed by atoms with Crippen molar-refractivity contribution in [3.63, 3.8) is 0 Å². The molecule has 0 aliphatic rings. The van der Waals surface area contributed by atoms with E-state index in [-0.39, 0.29) is 25.1 Å². The van der Waals surface area contributed by atoms with Crippen LogP contribution in [0, 0.1) is 0 Å². The second-order valence-electron chi connectivity index (χ2n) is 2.07. The van der Waals surface area contributed by atoms with Crippen LogP contribution in [0.4, 0.5) is 0 Å². The normalized spacial score (nSPS) is 11.8. The van der Waals surface area contributed by atoms with E-state index in [0.717, 1.165) is 5.56 Å². The summed E-state index contributed by atoms with van der Waals surface area (Å²) in [5.41, 5.74) is 6.43. The number of nitrogens with two attached hydrogens (primary N) is 1. The minimum absolute atomic E-state index is 0. The largest absolute Gasteiger partial charge is 0.394 e. The van der Waals surface area contributed by atoms with E-state index in [0.29, 0.717) is 0 Å². The summed E-state index contributed by atoms with van der Waals surface area (Å²) < 4.78 is 0. The quantitative estimate of drug-likeness (QED) is 0.687. The van der Waals surface area contributed by atoms with Gasteiger partial charge < -0.3 is 10.8 Å². The van der Waals surface area contributed by atoms with E-state index in [1.165, 1.54) is 0 Å². The molecule has 0 amide bonds. The Morgan fingerprint density at radius 2 is 2.00 bits per heavy atom. The first kappa shape index (κ1) is 10.4. The molecule has 0 radical (unpaired) electrons. The van der Waals surface area contributed by atoms with Crippen molar-refractivity contribution in [1.82, 2.24) is 4.98 Å². The van der Waals surface area contributed by atoms with Gasteiger partial charge in [-0.15, -0.1) is 12.4 Å². The van der Waals surface area contributed by atoms with Crippen molar-refractivity contribution in [1.29, 1.82) is 0 Å². The third kappa shape index (κ3) is 2.84. The fourth-order valence-electron chi connectivity index (χ4n) is 0.716. The van der Waals surface area contributed by atoms with Gasteiger partial charge in [-0.3, -0.25) is 4.98 Å². The molecule has 62 valence electrons. The minimum Gasteiger partial charge on any atom is -0.394 e. The molecule has 1 heterocycles. The van der Waals surface area contributed by atoms with Gasteiger partial charge in [0, 0.05) is 12.4 Å². The number of pyridine rings is 1. The molecule has 0 aliphatic carbocycles. The predicted molar refractivity (Wildman–Crippen MR) is 45.5 cm³/mol. The molecular formula is C7H11ClN2O. The van der Waals surface area contributed by atoms with Crippen LogP contribution in [0.5, 0.6) is 0 Å². The van der Waals surface area contributed by atoms with Crippen molar-refractivity contribution in [3.05, 3.63) is 30.1 Å². The summed E-state index contributed by atoms with van der Waals surface area (Å²) in [7, 11) is 0. The molecule has 0 unspecified atom stereocenters. The van der Waals surface area contributed by atoms with E-state index in [1.54, 1.807) is 24.5 Å². The summed E-state index contributed by atoms with van der Waals surface area (Å²) >= 11 is 0. The molecule has 4 heteroatoms. The van der Waals surface area contributed by atoms with Crippen LogP contribution < -0.4 is 5.73 Å². The molecule has 0 aliphatic heterocycles. The van der Waals surface area contributed by atoms with Crippen LogP contribution in [0.1, 0.15) is 11.6 Å². The number of hydrogen-bond acceptors (Lipinski definition) is 3. The summed E-state index contributed by atoms with van der Waals surface area (Å²) in [6.45, 7) is -0.0238. The monoisotopic (exact) mass is 174 g/mol. The second kappa shape index (κ2) is 5.07. The van der Waals surface area contributed by atoms with Crippen molar-refractivity contribution in [2.24, 2.45) is 5.73 Å². The Morgan fingerprint density at radius 3 is 2.45 bits per heavy atom. The molecule has 11 heavy (non-hydrogen) atoms. The van der Waals surface area contributed by atoms with Gasteiger partial charge >= 0.3 is 0 Å². The van der Waals surface area contributed by atoms with Crippen LogP contribution >= 0.6 is 12.4 Å². The third-order valence-corrected chi connectivity index (χ3v) is 1.33. The van der Waals surface area contributed by atoms with E-state index in [2.05, 4.69) is 4.98 Å². The highest BCUT2D eigenvalue weighted by Crippen LogP contribution is 2.05. The van der Waals surface area contributed by atoms with Gasteiger partial charge in [-0.1, -0.05) is 0 Å². The minimum atomic E-state index is -0.275. The van der Waals surface area contributed by atoms with Crippen LogP contribution in [0.15, 0.2) is 24.5 Å². The predicted octanol–water partition coefficient (Wildman–Crippen LogP) is 0.496. The molecule has 0 bridgehead atoms. The maximum absolute atomic E-state index is 8.64. The number of nitrogens with zero attached hydrogens (tertiary/aromatic N) is 1. The Kier molecular flexibility index (Phi) is 4.77. The van der Waals surface area contributed by atoms with Gasteiger partial charge in [-0.05, 0) is 17.7 Å². The van der Waals surface area contributed by atoms with Crippen LogP contribution in [0.25, 0.3) is 0 Å². The number of aliphatic hydroxyl groups excluding tert-OH is 1. The van der Waals surface area contributed by atoms with Gasteiger partial charge in [-0.2, -0.15) is 0 Å². The van der Waals surface area contributed by atoms with Crippen LogP contribution in [-0.2, 0) is 0 Å². The topological polar surface area (TPSA) is 59.1 Å². The average molecular weight is 175 g/mol. The Bertz CT molecular complexity index is 193. The summed E-state index contributed by atoms with van der Waals surface area (Å²) in [5.74, 6) is 0. The molecule has 0 aromatic carbocycles. The molecule has 1 aromatic rings. The molecule has 3 N–H and O–H groups in total. The zero-order chi connectivity index (χ0) is 7.40. The molecule has 0 saturated heterocycles. The van der Waals surface area contributed by atoms with E-state index in [1.807, 2.05) is 0 Å². The lowest BCUT2D eigenvalue weighted by atomic mass is 10.1. The number of hydrogen-bond donors (Lipinski definition) is 2. The lowest BCUT2D eigenvalue weighted by Gasteiger charge is -2.05. The molecule has 0 spiro atoms. The lowest BCUT2D eigenvalue weighted by Crippen LogP contribution is -2.14. The third-order valence-electron chi connectivity index (χ3n) is 1.33. The number of aliphatic hydroxyl groups is 1. The number of aromatic nitrogens is 1.